The predicted octanol–water partition coefficient (Wildman–Crippen LogP) is 14.0. The van der Waals surface area contributed by atoms with Gasteiger partial charge >= 0.3 is 11.9 Å². The Morgan fingerprint density at radius 3 is 1.31 bits per heavy atom. The SMILES string of the molecule is CCCCCCCCCC(OC(=O)c1ccc2c(c1)-c1ccccc1/C2=N\N(c1ccccc1)c1ccc[nH]1)OC(=O)c1ccc2c(c1)-c1ccccc1/C2=N\N(c1ccccc1)c1ccc[nH]1. The number of anilines is 4. The number of carbonyl (C=O) groups excluding carboxylic acids is 2. The lowest BCUT2D eigenvalue weighted by Gasteiger charge is -2.20. The second-order valence-corrected chi connectivity index (χ2v) is 17.1. The molecule has 10 heteroatoms. The number of fused-ring (bicyclic) bond motifs is 6. The zero-order valence-corrected chi connectivity index (χ0v) is 38.0. The first-order valence-corrected chi connectivity index (χ1v) is 23.6. The van der Waals surface area contributed by atoms with Crippen molar-refractivity contribution in [3.63, 3.8) is 0 Å². The van der Waals surface area contributed by atoms with Gasteiger partial charge in [0.05, 0.1) is 33.9 Å². The maximum atomic E-state index is 14.2. The van der Waals surface area contributed by atoms with Crippen LogP contribution in [0.15, 0.2) is 192 Å². The molecule has 0 saturated heterocycles. The van der Waals surface area contributed by atoms with E-state index in [4.69, 9.17) is 19.7 Å². The van der Waals surface area contributed by atoms with Crippen molar-refractivity contribution < 1.29 is 19.1 Å². The highest BCUT2D eigenvalue weighted by Crippen LogP contribution is 2.41. The second-order valence-electron chi connectivity index (χ2n) is 17.1. The Bertz CT molecular complexity index is 2890. The fourth-order valence-electron chi connectivity index (χ4n) is 9.09. The molecule has 10 nitrogen and oxygen atoms in total. The van der Waals surface area contributed by atoms with Gasteiger partial charge in [-0.15, -0.1) is 0 Å². The van der Waals surface area contributed by atoms with Crippen molar-refractivity contribution in [1.29, 1.82) is 0 Å². The summed E-state index contributed by atoms with van der Waals surface area (Å²) in [6, 6.07) is 55.1. The van der Waals surface area contributed by atoms with E-state index in [1.54, 1.807) is 12.1 Å². The van der Waals surface area contributed by atoms with E-state index in [2.05, 4.69) is 29.0 Å². The standard InChI is InChI=1S/C58H52N6O4/c1-2-3-4-5-6-7-14-31-54(67-57(65)40-32-34-48-50(38-40)44-25-15-17-27-46(44)55(48)61-63(52-29-19-36-59-52)42-21-10-8-11-22-42)68-58(66)41-33-35-49-51(39-41)45-26-16-18-28-47(45)56(49)62-64(53-30-20-37-60-53)43-23-12-9-13-24-43/h8-13,15-30,32-39,54,59-60H,2-7,14,31H2,1H3/b61-55+,62-56+. The number of esters is 2. The third-order valence-electron chi connectivity index (χ3n) is 12.5. The Morgan fingerprint density at radius 1 is 0.456 bits per heavy atom. The highest BCUT2D eigenvalue weighted by Gasteiger charge is 2.31. The van der Waals surface area contributed by atoms with Crippen LogP contribution in [0.25, 0.3) is 22.3 Å². The first-order valence-electron chi connectivity index (χ1n) is 23.6. The molecular formula is C58H52N6O4. The summed E-state index contributed by atoms with van der Waals surface area (Å²) in [6.07, 6.45) is 10.5. The predicted molar refractivity (Wildman–Crippen MR) is 271 cm³/mol. The summed E-state index contributed by atoms with van der Waals surface area (Å²) in [5.74, 6) is 0.501. The molecular weight excluding hydrogens is 845 g/mol. The number of rotatable bonds is 18. The molecule has 2 aliphatic rings. The Labute approximate surface area is 396 Å². The van der Waals surface area contributed by atoms with Gasteiger partial charge in [-0.1, -0.05) is 143 Å². The normalized spacial score (nSPS) is 13.3. The van der Waals surface area contributed by atoms with Gasteiger partial charge in [-0.05, 0) is 101 Å². The molecule has 0 amide bonds. The molecule has 0 fully saturated rings. The number of hydrogen-bond acceptors (Lipinski definition) is 8. The van der Waals surface area contributed by atoms with Crippen LogP contribution in [0.2, 0.25) is 0 Å². The molecule has 0 saturated carbocycles. The number of para-hydroxylation sites is 2. The summed E-state index contributed by atoms with van der Waals surface area (Å²) in [6.45, 7) is 2.21. The van der Waals surface area contributed by atoms with Crippen LogP contribution < -0.4 is 10.0 Å². The number of hydrogen-bond donors (Lipinski definition) is 2. The molecule has 0 radical (unpaired) electrons. The molecule has 2 aromatic heterocycles. The van der Waals surface area contributed by atoms with Crippen LogP contribution >= 0.6 is 0 Å². The van der Waals surface area contributed by atoms with Gasteiger partial charge in [0.15, 0.2) is 0 Å². The lowest BCUT2D eigenvalue weighted by molar-refractivity contribution is -0.0838. The summed E-state index contributed by atoms with van der Waals surface area (Å²) in [5.41, 5.74) is 11.4. The molecule has 2 heterocycles. The molecule has 8 aromatic rings. The number of ether oxygens (including phenoxy) is 2. The summed E-state index contributed by atoms with van der Waals surface area (Å²) < 4.78 is 12.3. The highest BCUT2D eigenvalue weighted by atomic mass is 16.7. The monoisotopic (exact) mass is 896 g/mol. The molecule has 0 atom stereocenters. The van der Waals surface area contributed by atoms with Crippen molar-refractivity contribution in [2.75, 3.05) is 10.0 Å². The van der Waals surface area contributed by atoms with Gasteiger partial charge in [0.25, 0.3) is 0 Å². The maximum Gasteiger partial charge on any atom is 0.341 e. The van der Waals surface area contributed by atoms with E-state index in [0.29, 0.717) is 17.5 Å². The van der Waals surface area contributed by atoms with Crippen LogP contribution in [-0.4, -0.2) is 39.6 Å². The van der Waals surface area contributed by atoms with Crippen LogP contribution in [0.5, 0.6) is 0 Å². The summed E-state index contributed by atoms with van der Waals surface area (Å²) >= 11 is 0. The van der Waals surface area contributed by atoms with E-state index >= 15 is 0 Å². The zero-order valence-electron chi connectivity index (χ0n) is 38.0. The molecule has 2 aliphatic carbocycles. The van der Waals surface area contributed by atoms with Crippen LogP contribution in [0.1, 0.15) is 101 Å². The molecule has 10 rings (SSSR count). The second kappa shape index (κ2) is 20.1. The van der Waals surface area contributed by atoms with Crippen LogP contribution in [-0.2, 0) is 9.47 Å². The van der Waals surface area contributed by atoms with E-state index < -0.39 is 18.2 Å². The van der Waals surface area contributed by atoms with Crippen LogP contribution in [0, 0.1) is 0 Å². The van der Waals surface area contributed by atoms with Gasteiger partial charge in [-0.3, -0.25) is 0 Å². The minimum Gasteiger partial charge on any atom is -0.422 e. The average Bonchev–Trinajstić information content (AvgIpc) is 4.22. The van der Waals surface area contributed by atoms with Crippen LogP contribution in [0.3, 0.4) is 0 Å². The van der Waals surface area contributed by atoms with E-state index in [0.717, 1.165) is 105 Å². The van der Waals surface area contributed by atoms with Crippen molar-refractivity contribution in [3.05, 3.63) is 216 Å². The average molecular weight is 897 g/mol. The molecule has 68 heavy (non-hydrogen) atoms. The van der Waals surface area contributed by atoms with Crippen LogP contribution in [0.4, 0.5) is 23.0 Å². The maximum absolute atomic E-state index is 14.2. The Kier molecular flexibility index (Phi) is 12.9. The number of carbonyl (C=O) groups is 2. The summed E-state index contributed by atoms with van der Waals surface area (Å²) in [7, 11) is 0. The molecule has 0 spiro atoms. The van der Waals surface area contributed by atoms with E-state index in [9.17, 15) is 9.59 Å². The lowest BCUT2D eigenvalue weighted by Crippen LogP contribution is -2.25. The molecule has 2 N–H and O–H groups in total. The van der Waals surface area contributed by atoms with Gasteiger partial charge in [0, 0.05) is 41.1 Å². The topological polar surface area (TPSA) is 115 Å². The van der Waals surface area contributed by atoms with Crippen molar-refractivity contribution in [2.45, 2.75) is 64.6 Å². The minimum atomic E-state index is -1.10. The molecule has 0 aliphatic heterocycles. The third kappa shape index (κ3) is 9.13. The zero-order chi connectivity index (χ0) is 46.2. The van der Waals surface area contributed by atoms with Crippen molar-refractivity contribution in [3.8, 4) is 22.3 Å². The molecule has 338 valence electrons. The number of H-pyrrole nitrogens is 2. The van der Waals surface area contributed by atoms with Crippen molar-refractivity contribution in [2.24, 2.45) is 10.2 Å². The van der Waals surface area contributed by atoms with Gasteiger partial charge in [-0.2, -0.15) is 10.2 Å². The Balaban J connectivity index is 0.922. The van der Waals surface area contributed by atoms with Gasteiger partial charge in [-0.25, -0.2) is 19.6 Å². The lowest BCUT2D eigenvalue weighted by atomic mass is 10.0. The number of aromatic amines is 2. The minimum absolute atomic E-state index is 0.356. The highest BCUT2D eigenvalue weighted by molar-refractivity contribution is 6.26. The number of hydrazone groups is 2. The van der Waals surface area contributed by atoms with E-state index in [1.807, 2.05) is 168 Å². The summed E-state index contributed by atoms with van der Waals surface area (Å²) in [4.78, 5) is 35.0. The Morgan fingerprint density at radius 2 is 0.868 bits per heavy atom. The third-order valence-corrected chi connectivity index (χ3v) is 12.5. The fourth-order valence-corrected chi connectivity index (χ4v) is 9.09. The number of unbranched alkanes of at least 4 members (excludes halogenated alkanes) is 6. The first kappa shape index (κ1) is 43.6. The van der Waals surface area contributed by atoms with Crippen molar-refractivity contribution >= 4 is 46.4 Å². The number of benzene rings is 6. The summed E-state index contributed by atoms with van der Waals surface area (Å²) in [5, 5.41) is 14.2. The number of nitrogens with one attached hydrogen (secondary N) is 2. The molecule has 6 aromatic carbocycles. The first-order chi connectivity index (χ1) is 33.5. The van der Waals surface area contributed by atoms with E-state index in [-0.39, 0.29) is 0 Å². The smallest absolute Gasteiger partial charge is 0.341 e. The molecule has 0 unspecified atom stereocenters. The van der Waals surface area contributed by atoms with Crippen molar-refractivity contribution in [1.82, 2.24) is 9.97 Å². The molecule has 0 bridgehead atoms. The van der Waals surface area contributed by atoms with Gasteiger partial charge in [0.1, 0.15) is 11.6 Å². The fraction of sp³-hybridized carbons (Fsp3) is 0.172. The van der Waals surface area contributed by atoms with E-state index in [1.165, 1.54) is 19.3 Å². The quantitative estimate of drug-likeness (QED) is 0.0384. The van der Waals surface area contributed by atoms with Gasteiger partial charge < -0.3 is 19.4 Å². The number of aromatic nitrogens is 2. The number of nitrogens with zero attached hydrogens (tertiary/aromatic N) is 4. The largest absolute Gasteiger partial charge is 0.422 e. The van der Waals surface area contributed by atoms with Gasteiger partial charge in [0.2, 0.25) is 6.29 Å². The Hall–Kier alpha value is -8.24.